The Balaban J connectivity index is 2.85. The summed E-state index contributed by atoms with van der Waals surface area (Å²) in [6.45, 7) is 6.03. The predicted octanol–water partition coefficient (Wildman–Crippen LogP) is 2.75. The Labute approximate surface area is 96.3 Å². The van der Waals surface area contributed by atoms with Crippen LogP contribution in [0.5, 0.6) is 0 Å². The topological polar surface area (TPSA) is 46.2 Å². The van der Waals surface area contributed by atoms with E-state index < -0.39 is 0 Å². The fraction of sp³-hybridized carbons (Fsp3) is 0.538. The van der Waals surface area contributed by atoms with Gasteiger partial charge in [-0.3, -0.25) is 0 Å². The molecule has 1 rings (SSSR count). The average Bonchev–Trinajstić information content (AvgIpc) is 2.15. The summed E-state index contributed by atoms with van der Waals surface area (Å²) in [5.41, 5.74) is 7.22. The Morgan fingerprint density at radius 1 is 1.38 bits per heavy atom. The molecule has 0 amide bonds. The van der Waals surface area contributed by atoms with E-state index in [1.807, 2.05) is 0 Å². The molecule has 0 radical (unpaired) electrons. The van der Waals surface area contributed by atoms with Gasteiger partial charge in [0.15, 0.2) is 0 Å². The van der Waals surface area contributed by atoms with Gasteiger partial charge in [0.1, 0.15) is 5.82 Å². The SMILES string of the molecule is CC(C)(C)CC(N)c1ccc(CO)c(F)c1. The van der Waals surface area contributed by atoms with Crippen LogP contribution in [0.3, 0.4) is 0 Å². The molecule has 3 N–H and O–H groups in total. The number of halogens is 1. The molecule has 0 aliphatic heterocycles. The van der Waals surface area contributed by atoms with Crippen LogP contribution in [0.25, 0.3) is 0 Å². The minimum Gasteiger partial charge on any atom is -0.392 e. The highest BCUT2D eigenvalue weighted by molar-refractivity contribution is 5.26. The summed E-state index contributed by atoms with van der Waals surface area (Å²) in [4.78, 5) is 0. The number of hydrogen-bond donors (Lipinski definition) is 2. The van der Waals surface area contributed by atoms with Crippen molar-refractivity contribution in [1.29, 1.82) is 0 Å². The summed E-state index contributed by atoms with van der Waals surface area (Å²) < 4.78 is 13.4. The molecule has 0 aromatic heterocycles. The van der Waals surface area contributed by atoms with E-state index in [9.17, 15) is 4.39 Å². The Morgan fingerprint density at radius 2 is 2.00 bits per heavy atom. The van der Waals surface area contributed by atoms with E-state index in [4.69, 9.17) is 10.8 Å². The van der Waals surface area contributed by atoms with Gasteiger partial charge in [-0.2, -0.15) is 0 Å². The third-order valence-electron chi connectivity index (χ3n) is 2.51. The fourth-order valence-corrected chi connectivity index (χ4v) is 1.70. The maximum atomic E-state index is 13.4. The quantitative estimate of drug-likeness (QED) is 0.831. The molecule has 0 saturated carbocycles. The van der Waals surface area contributed by atoms with E-state index in [1.165, 1.54) is 6.07 Å². The standard InChI is InChI=1S/C13H20FNO/c1-13(2,3)7-12(15)9-4-5-10(8-16)11(14)6-9/h4-6,12,16H,7-8,15H2,1-3H3. The second-order valence-corrected chi connectivity index (χ2v) is 5.38. The van der Waals surface area contributed by atoms with Crippen molar-refractivity contribution in [3.05, 3.63) is 35.1 Å². The highest BCUT2D eigenvalue weighted by atomic mass is 19.1. The van der Waals surface area contributed by atoms with Crippen molar-refractivity contribution in [2.75, 3.05) is 0 Å². The van der Waals surface area contributed by atoms with Gasteiger partial charge in [0, 0.05) is 11.6 Å². The Kier molecular flexibility index (Phi) is 4.05. The smallest absolute Gasteiger partial charge is 0.129 e. The normalized spacial score (nSPS) is 13.9. The van der Waals surface area contributed by atoms with E-state index in [0.29, 0.717) is 5.56 Å². The van der Waals surface area contributed by atoms with Crippen molar-refractivity contribution in [3.8, 4) is 0 Å². The fourth-order valence-electron chi connectivity index (χ4n) is 1.70. The van der Waals surface area contributed by atoms with Gasteiger partial charge in [-0.05, 0) is 23.5 Å². The molecule has 1 aromatic rings. The summed E-state index contributed by atoms with van der Waals surface area (Å²) >= 11 is 0. The van der Waals surface area contributed by atoms with Crippen LogP contribution in [0.2, 0.25) is 0 Å². The van der Waals surface area contributed by atoms with Crippen LogP contribution in [0.4, 0.5) is 4.39 Å². The lowest BCUT2D eigenvalue weighted by Crippen LogP contribution is -2.19. The van der Waals surface area contributed by atoms with Crippen molar-refractivity contribution >= 4 is 0 Å². The number of benzene rings is 1. The molecule has 0 bridgehead atoms. The Bertz CT molecular complexity index is 357. The Morgan fingerprint density at radius 3 is 2.44 bits per heavy atom. The van der Waals surface area contributed by atoms with Gasteiger partial charge in [0.2, 0.25) is 0 Å². The molecule has 2 nitrogen and oxygen atoms in total. The number of rotatable bonds is 3. The summed E-state index contributed by atoms with van der Waals surface area (Å²) in [6.07, 6.45) is 0.797. The molecule has 0 aliphatic rings. The maximum absolute atomic E-state index is 13.4. The van der Waals surface area contributed by atoms with E-state index in [1.54, 1.807) is 12.1 Å². The van der Waals surface area contributed by atoms with Gasteiger partial charge >= 0.3 is 0 Å². The van der Waals surface area contributed by atoms with Crippen molar-refractivity contribution in [1.82, 2.24) is 0 Å². The van der Waals surface area contributed by atoms with Crippen LogP contribution >= 0.6 is 0 Å². The van der Waals surface area contributed by atoms with Crippen molar-refractivity contribution in [3.63, 3.8) is 0 Å². The average molecular weight is 225 g/mol. The van der Waals surface area contributed by atoms with Gasteiger partial charge in [-0.15, -0.1) is 0 Å². The Hall–Kier alpha value is -0.930. The minimum atomic E-state index is -0.385. The third kappa shape index (κ3) is 3.58. The summed E-state index contributed by atoms with van der Waals surface area (Å²) in [5.74, 6) is -0.385. The lowest BCUT2D eigenvalue weighted by atomic mass is 9.86. The zero-order chi connectivity index (χ0) is 12.3. The molecule has 0 saturated heterocycles. The molecule has 0 aliphatic carbocycles. The molecule has 0 heterocycles. The highest BCUT2D eigenvalue weighted by Gasteiger charge is 2.17. The summed E-state index contributed by atoms with van der Waals surface area (Å²) in [5, 5.41) is 8.86. The first-order chi connectivity index (χ1) is 7.33. The van der Waals surface area contributed by atoms with E-state index >= 15 is 0 Å². The van der Waals surface area contributed by atoms with Gasteiger partial charge < -0.3 is 10.8 Å². The van der Waals surface area contributed by atoms with Crippen molar-refractivity contribution < 1.29 is 9.50 Å². The monoisotopic (exact) mass is 225 g/mol. The highest BCUT2D eigenvalue weighted by Crippen LogP contribution is 2.28. The van der Waals surface area contributed by atoms with E-state index in [2.05, 4.69) is 20.8 Å². The molecule has 16 heavy (non-hydrogen) atoms. The van der Waals surface area contributed by atoms with Crippen molar-refractivity contribution in [2.45, 2.75) is 39.8 Å². The van der Waals surface area contributed by atoms with Crippen LogP contribution in [0.1, 0.15) is 44.4 Å². The molecule has 0 spiro atoms. The predicted molar refractivity (Wildman–Crippen MR) is 63.3 cm³/mol. The summed E-state index contributed by atoms with van der Waals surface area (Å²) in [6, 6.07) is 4.63. The molecule has 1 unspecified atom stereocenters. The van der Waals surface area contributed by atoms with E-state index in [0.717, 1.165) is 12.0 Å². The van der Waals surface area contributed by atoms with Gasteiger partial charge in [0.25, 0.3) is 0 Å². The lowest BCUT2D eigenvalue weighted by Gasteiger charge is -2.23. The number of aliphatic hydroxyl groups is 1. The largest absolute Gasteiger partial charge is 0.392 e. The van der Waals surface area contributed by atoms with Crippen LogP contribution in [0.15, 0.2) is 18.2 Å². The molecule has 1 atom stereocenters. The maximum Gasteiger partial charge on any atom is 0.129 e. The number of nitrogens with two attached hydrogens (primary N) is 1. The molecule has 0 fully saturated rings. The van der Waals surface area contributed by atoms with E-state index in [-0.39, 0.29) is 23.9 Å². The minimum absolute atomic E-state index is 0.117. The molecule has 90 valence electrons. The van der Waals surface area contributed by atoms with Gasteiger partial charge in [-0.1, -0.05) is 32.9 Å². The molecular weight excluding hydrogens is 205 g/mol. The first kappa shape index (κ1) is 13.1. The first-order valence-corrected chi connectivity index (χ1v) is 5.48. The van der Waals surface area contributed by atoms with Gasteiger partial charge in [-0.25, -0.2) is 4.39 Å². The number of aliphatic hydroxyl groups excluding tert-OH is 1. The van der Waals surface area contributed by atoms with Crippen LogP contribution < -0.4 is 5.73 Å². The second-order valence-electron chi connectivity index (χ2n) is 5.38. The van der Waals surface area contributed by atoms with Crippen LogP contribution in [-0.4, -0.2) is 5.11 Å². The lowest BCUT2D eigenvalue weighted by molar-refractivity contribution is 0.275. The summed E-state index contributed by atoms with van der Waals surface area (Å²) in [7, 11) is 0. The molecule has 3 heteroatoms. The second kappa shape index (κ2) is 4.93. The van der Waals surface area contributed by atoms with Gasteiger partial charge in [0.05, 0.1) is 6.61 Å². The zero-order valence-corrected chi connectivity index (χ0v) is 10.1. The first-order valence-electron chi connectivity index (χ1n) is 5.48. The van der Waals surface area contributed by atoms with Crippen LogP contribution in [0, 0.1) is 11.2 Å². The number of hydrogen-bond acceptors (Lipinski definition) is 2. The van der Waals surface area contributed by atoms with Crippen LogP contribution in [-0.2, 0) is 6.61 Å². The third-order valence-corrected chi connectivity index (χ3v) is 2.51. The zero-order valence-electron chi connectivity index (χ0n) is 10.1. The van der Waals surface area contributed by atoms with Crippen molar-refractivity contribution in [2.24, 2.45) is 11.1 Å². The molecular formula is C13H20FNO. The molecule has 1 aromatic carbocycles.